The minimum atomic E-state index is -0.382. The number of hydrogen-bond acceptors (Lipinski definition) is 1. The Bertz CT molecular complexity index is 560. The average Bonchev–Trinajstić information content (AvgIpc) is 2.39. The van der Waals surface area contributed by atoms with Crippen molar-refractivity contribution in [1.29, 1.82) is 0 Å². The van der Waals surface area contributed by atoms with E-state index in [1.54, 1.807) is 12.1 Å². The molecule has 0 spiro atoms. The zero-order valence-corrected chi connectivity index (χ0v) is 13.7. The molecule has 4 aliphatic carbocycles. The Morgan fingerprint density at radius 2 is 1.71 bits per heavy atom. The molecule has 0 unspecified atom stereocenters. The van der Waals surface area contributed by atoms with Gasteiger partial charge in [0.05, 0.1) is 5.56 Å². The maximum Gasteiger partial charge on any atom is 0.166 e. The molecule has 3 heteroatoms. The van der Waals surface area contributed by atoms with E-state index in [1.165, 1.54) is 44.6 Å². The lowest BCUT2D eigenvalue weighted by molar-refractivity contribution is -0.0524. The Balaban J connectivity index is 1.58. The summed E-state index contributed by atoms with van der Waals surface area (Å²) in [6.07, 6.45) is 8.25. The summed E-state index contributed by atoms with van der Waals surface area (Å²) in [6.45, 7) is 0. The lowest BCUT2D eigenvalue weighted by Crippen LogP contribution is -2.46. The molecular formula is C18H20BrFO. The van der Waals surface area contributed by atoms with Crippen LogP contribution in [0.1, 0.15) is 55.3 Å². The predicted octanol–water partition coefficient (Wildman–Crippen LogP) is 5.38. The van der Waals surface area contributed by atoms with Crippen LogP contribution in [0.2, 0.25) is 0 Å². The second kappa shape index (κ2) is 4.91. The third kappa shape index (κ3) is 2.48. The summed E-state index contributed by atoms with van der Waals surface area (Å²) < 4.78 is 14.7. The topological polar surface area (TPSA) is 17.1 Å². The first kappa shape index (κ1) is 13.9. The summed E-state index contributed by atoms with van der Waals surface area (Å²) >= 11 is 3.34. The van der Waals surface area contributed by atoms with Crippen LogP contribution in [0.4, 0.5) is 4.39 Å². The number of carbonyl (C=O) groups excluding carboxylic acids is 1. The van der Waals surface area contributed by atoms with Gasteiger partial charge < -0.3 is 0 Å². The molecule has 4 bridgehead atoms. The fraction of sp³-hybridized carbons (Fsp3) is 0.611. The fourth-order valence-electron chi connectivity index (χ4n) is 5.65. The van der Waals surface area contributed by atoms with E-state index in [1.807, 2.05) is 0 Å². The highest BCUT2D eigenvalue weighted by molar-refractivity contribution is 9.10. The Morgan fingerprint density at radius 1 is 1.14 bits per heavy atom. The highest BCUT2D eigenvalue weighted by Gasteiger charge is 2.51. The van der Waals surface area contributed by atoms with Crippen molar-refractivity contribution < 1.29 is 9.18 Å². The summed E-state index contributed by atoms with van der Waals surface area (Å²) in [6, 6.07) is 4.67. The maximum atomic E-state index is 13.9. The van der Waals surface area contributed by atoms with Gasteiger partial charge in [0.25, 0.3) is 0 Å². The Labute approximate surface area is 133 Å². The molecule has 1 aromatic carbocycles. The summed E-state index contributed by atoms with van der Waals surface area (Å²) in [7, 11) is 0. The first-order valence-corrected chi connectivity index (χ1v) is 8.81. The summed E-state index contributed by atoms with van der Waals surface area (Å²) in [5.74, 6) is 2.10. The molecule has 1 nitrogen and oxygen atoms in total. The van der Waals surface area contributed by atoms with Crippen LogP contribution in [0.15, 0.2) is 22.7 Å². The van der Waals surface area contributed by atoms with E-state index >= 15 is 0 Å². The van der Waals surface area contributed by atoms with Gasteiger partial charge >= 0.3 is 0 Å². The van der Waals surface area contributed by atoms with E-state index in [2.05, 4.69) is 15.9 Å². The number of Topliss-reactive ketones (excluding diaryl/α,β-unsaturated/α-hetero) is 1. The van der Waals surface area contributed by atoms with E-state index in [4.69, 9.17) is 0 Å². The molecule has 0 amide bonds. The SMILES string of the molecule is O=C(CC12CC3CC(CC(C3)C1)C2)c1cc(Br)ccc1F. The summed E-state index contributed by atoms with van der Waals surface area (Å²) in [4.78, 5) is 12.6. The predicted molar refractivity (Wildman–Crippen MR) is 83.7 cm³/mol. The molecule has 21 heavy (non-hydrogen) atoms. The second-order valence-electron chi connectivity index (χ2n) is 7.64. The quantitative estimate of drug-likeness (QED) is 0.669. The summed E-state index contributed by atoms with van der Waals surface area (Å²) in [5, 5.41) is 0. The van der Waals surface area contributed by atoms with Crippen molar-refractivity contribution in [3.8, 4) is 0 Å². The standard InChI is InChI=1S/C18H20BrFO/c19-14-1-2-16(20)15(6-14)17(21)10-18-7-11-3-12(8-18)5-13(4-11)9-18/h1-2,6,11-13H,3-5,7-10H2. The van der Waals surface area contributed by atoms with E-state index in [0.717, 1.165) is 22.2 Å². The smallest absolute Gasteiger partial charge is 0.166 e. The summed E-state index contributed by atoms with van der Waals surface area (Å²) in [5.41, 5.74) is 0.445. The normalized spacial score (nSPS) is 37.0. The largest absolute Gasteiger partial charge is 0.294 e. The molecule has 1 aromatic rings. The third-order valence-corrected chi connectivity index (χ3v) is 6.42. The molecule has 5 rings (SSSR count). The van der Waals surface area contributed by atoms with Gasteiger partial charge in [0.15, 0.2) is 5.78 Å². The van der Waals surface area contributed by atoms with Crippen LogP contribution in [0.5, 0.6) is 0 Å². The van der Waals surface area contributed by atoms with Gasteiger partial charge in [-0.3, -0.25) is 4.79 Å². The molecule has 0 atom stereocenters. The van der Waals surface area contributed by atoms with Gasteiger partial charge in [-0.15, -0.1) is 0 Å². The maximum absolute atomic E-state index is 13.9. The van der Waals surface area contributed by atoms with Crippen LogP contribution in [-0.2, 0) is 0 Å². The van der Waals surface area contributed by atoms with Crippen molar-refractivity contribution in [2.75, 3.05) is 0 Å². The fourth-order valence-corrected chi connectivity index (χ4v) is 6.01. The van der Waals surface area contributed by atoms with Crippen molar-refractivity contribution in [2.24, 2.45) is 23.2 Å². The van der Waals surface area contributed by atoms with Gasteiger partial charge in [-0.1, -0.05) is 15.9 Å². The number of carbonyl (C=O) groups is 1. The first-order valence-electron chi connectivity index (χ1n) is 8.01. The Hall–Kier alpha value is -0.700. The van der Waals surface area contributed by atoms with Gasteiger partial charge in [-0.2, -0.15) is 0 Å². The third-order valence-electron chi connectivity index (χ3n) is 5.93. The molecule has 0 aliphatic heterocycles. The van der Waals surface area contributed by atoms with E-state index in [0.29, 0.717) is 6.42 Å². The van der Waals surface area contributed by atoms with Crippen molar-refractivity contribution in [3.63, 3.8) is 0 Å². The molecule has 4 fully saturated rings. The average molecular weight is 351 g/mol. The highest BCUT2D eigenvalue weighted by atomic mass is 79.9. The van der Waals surface area contributed by atoms with Crippen molar-refractivity contribution in [1.82, 2.24) is 0 Å². The van der Waals surface area contributed by atoms with Crippen LogP contribution < -0.4 is 0 Å². The van der Waals surface area contributed by atoms with Gasteiger partial charge in [0.1, 0.15) is 5.82 Å². The Morgan fingerprint density at radius 3 is 2.29 bits per heavy atom. The van der Waals surface area contributed by atoms with Crippen LogP contribution in [0.25, 0.3) is 0 Å². The van der Waals surface area contributed by atoms with Crippen LogP contribution in [-0.4, -0.2) is 5.78 Å². The van der Waals surface area contributed by atoms with Crippen molar-refractivity contribution >= 4 is 21.7 Å². The lowest BCUT2D eigenvalue weighted by atomic mass is 9.48. The van der Waals surface area contributed by atoms with Gasteiger partial charge in [-0.05, 0) is 79.9 Å². The van der Waals surface area contributed by atoms with Crippen LogP contribution in [0.3, 0.4) is 0 Å². The first-order chi connectivity index (χ1) is 10.0. The number of hydrogen-bond donors (Lipinski definition) is 0. The zero-order valence-electron chi connectivity index (χ0n) is 12.1. The molecular weight excluding hydrogens is 331 g/mol. The Kier molecular flexibility index (Phi) is 3.25. The molecule has 4 aliphatic rings. The number of benzene rings is 1. The van der Waals surface area contributed by atoms with E-state index in [9.17, 15) is 9.18 Å². The highest BCUT2D eigenvalue weighted by Crippen LogP contribution is 2.61. The molecule has 0 saturated heterocycles. The van der Waals surface area contributed by atoms with Gasteiger partial charge in [0, 0.05) is 10.9 Å². The second-order valence-corrected chi connectivity index (χ2v) is 8.56. The van der Waals surface area contributed by atoms with Gasteiger partial charge in [-0.25, -0.2) is 4.39 Å². The lowest BCUT2D eigenvalue weighted by Gasteiger charge is -2.56. The minimum Gasteiger partial charge on any atom is -0.294 e. The van der Waals surface area contributed by atoms with Crippen LogP contribution in [0, 0.1) is 29.0 Å². The minimum absolute atomic E-state index is 0.00394. The number of rotatable bonds is 3. The van der Waals surface area contributed by atoms with Gasteiger partial charge in [0.2, 0.25) is 0 Å². The zero-order chi connectivity index (χ0) is 14.6. The van der Waals surface area contributed by atoms with E-state index < -0.39 is 0 Å². The van der Waals surface area contributed by atoms with Crippen molar-refractivity contribution in [3.05, 3.63) is 34.1 Å². The molecule has 0 aromatic heterocycles. The molecule has 112 valence electrons. The monoisotopic (exact) mass is 350 g/mol. The van der Waals surface area contributed by atoms with E-state index in [-0.39, 0.29) is 22.6 Å². The molecule has 0 radical (unpaired) electrons. The van der Waals surface area contributed by atoms with Crippen LogP contribution >= 0.6 is 15.9 Å². The molecule has 0 heterocycles. The number of ketones is 1. The molecule has 0 N–H and O–H groups in total. The number of halogens is 2. The van der Waals surface area contributed by atoms with Crippen molar-refractivity contribution in [2.45, 2.75) is 44.9 Å². The molecule has 4 saturated carbocycles.